The second-order valence-corrected chi connectivity index (χ2v) is 10.9. The molecule has 0 unspecified atom stereocenters. The number of sulfonamides is 1. The number of anilines is 1. The van der Waals surface area contributed by atoms with Gasteiger partial charge in [-0.15, -0.1) is 0 Å². The highest BCUT2D eigenvalue weighted by Crippen LogP contribution is 2.42. The van der Waals surface area contributed by atoms with E-state index in [1.807, 2.05) is 48.9 Å². The summed E-state index contributed by atoms with van der Waals surface area (Å²) in [6, 6.07) is 12.8. The lowest BCUT2D eigenvalue weighted by atomic mass is 9.83. The van der Waals surface area contributed by atoms with Crippen molar-refractivity contribution >= 4 is 21.7 Å². The Bertz CT molecular complexity index is 1290. The van der Waals surface area contributed by atoms with E-state index in [2.05, 4.69) is 4.98 Å². The Morgan fingerprint density at radius 3 is 2.42 bits per heavy atom. The average molecular weight is 466 g/mol. The Balaban J connectivity index is 1.42. The smallest absolute Gasteiger partial charge is 0.243 e. The van der Waals surface area contributed by atoms with Crippen LogP contribution in [0.5, 0.6) is 0 Å². The number of pyridine rings is 1. The van der Waals surface area contributed by atoms with Crippen LogP contribution in [0.4, 0.5) is 5.82 Å². The lowest BCUT2D eigenvalue weighted by molar-refractivity contribution is -0.122. The lowest BCUT2D eigenvalue weighted by Gasteiger charge is -2.46. The van der Waals surface area contributed by atoms with E-state index in [1.165, 1.54) is 0 Å². The molecule has 0 saturated carbocycles. The highest BCUT2D eigenvalue weighted by molar-refractivity contribution is 7.89. The fraction of sp³-hybridized carbons (Fsp3) is 0.375. The van der Waals surface area contributed by atoms with E-state index in [0.29, 0.717) is 43.8 Å². The molecule has 1 aromatic carbocycles. The third-order valence-electron chi connectivity index (χ3n) is 6.77. The minimum atomic E-state index is -3.58. The average Bonchev–Trinajstić information content (AvgIpc) is 3.20. The van der Waals surface area contributed by atoms with Crippen molar-refractivity contribution < 1.29 is 13.2 Å². The van der Waals surface area contributed by atoms with Crippen molar-refractivity contribution in [3.63, 3.8) is 0 Å². The van der Waals surface area contributed by atoms with Crippen LogP contribution >= 0.6 is 0 Å². The molecule has 172 valence electrons. The minimum absolute atomic E-state index is 0.0365. The molecule has 1 fully saturated rings. The fourth-order valence-corrected chi connectivity index (χ4v) is 6.63. The standard InChI is InChI=1S/C24H27N5O3S/c1-18-5-3-4-6-21(18)33(31,32)27-13-9-24(10-14-27)16-23(30)28(17-20-7-11-25-12-8-20)22-15-19(2)26-29(22)24/h3-8,11-12,15H,9-10,13-14,16-17H2,1-2H3. The van der Waals surface area contributed by atoms with Gasteiger partial charge in [0.2, 0.25) is 15.9 Å². The molecule has 3 aromatic rings. The van der Waals surface area contributed by atoms with Gasteiger partial charge < -0.3 is 0 Å². The highest BCUT2D eigenvalue weighted by atomic mass is 32.2. The molecule has 33 heavy (non-hydrogen) atoms. The van der Waals surface area contributed by atoms with E-state index >= 15 is 0 Å². The first kappa shape index (κ1) is 21.8. The number of carbonyl (C=O) groups excluding carboxylic acids is 1. The van der Waals surface area contributed by atoms with Crippen molar-refractivity contribution in [2.75, 3.05) is 18.0 Å². The van der Waals surface area contributed by atoms with Crippen molar-refractivity contribution in [2.24, 2.45) is 0 Å². The summed E-state index contributed by atoms with van der Waals surface area (Å²) in [5.74, 6) is 0.810. The largest absolute Gasteiger partial charge is 0.292 e. The lowest BCUT2D eigenvalue weighted by Crippen LogP contribution is -2.54. The molecule has 9 heteroatoms. The van der Waals surface area contributed by atoms with E-state index in [-0.39, 0.29) is 5.91 Å². The quantitative estimate of drug-likeness (QED) is 0.591. The number of hydrogen-bond acceptors (Lipinski definition) is 5. The molecule has 2 aliphatic rings. The summed E-state index contributed by atoms with van der Waals surface area (Å²) in [5.41, 5.74) is 2.07. The zero-order valence-electron chi connectivity index (χ0n) is 18.8. The van der Waals surface area contributed by atoms with Crippen LogP contribution in [0.15, 0.2) is 59.8 Å². The zero-order valence-corrected chi connectivity index (χ0v) is 19.6. The van der Waals surface area contributed by atoms with E-state index in [1.54, 1.807) is 33.7 Å². The molecule has 2 aliphatic heterocycles. The maximum atomic E-state index is 13.3. The molecule has 0 atom stereocenters. The third kappa shape index (κ3) is 3.75. The third-order valence-corrected chi connectivity index (χ3v) is 8.83. The predicted molar refractivity (Wildman–Crippen MR) is 124 cm³/mol. The number of nitrogens with zero attached hydrogens (tertiary/aromatic N) is 5. The number of aromatic nitrogens is 3. The van der Waals surface area contributed by atoms with Crippen molar-refractivity contribution in [1.82, 2.24) is 19.1 Å². The molecule has 0 radical (unpaired) electrons. The second-order valence-electron chi connectivity index (χ2n) is 8.96. The number of piperidine rings is 1. The normalized spacial score (nSPS) is 18.5. The fourth-order valence-electron chi connectivity index (χ4n) is 4.96. The number of benzene rings is 1. The Kier molecular flexibility index (Phi) is 5.33. The van der Waals surface area contributed by atoms with Gasteiger partial charge in [-0.2, -0.15) is 9.40 Å². The Hall–Kier alpha value is -3.04. The molecule has 0 aliphatic carbocycles. The van der Waals surface area contributed by atoms with Gasteiger partial charge in [0.1, 0.15) is 5.82 Å². The van der Waals surface area contributed by atoms with Crippen molar-refractivity contribution in [3.05, 3.63) is 71.7 Å². The topological polar surface area (TPSA) is 88.4 Å². The van der Waals surface area contributed by atoms with Crippen LogP contribution in [0.2, 0.25) is 0 Å². The van der Waals surface area contributed by atoms with Crippen LogP contribution in [-0.4, -0.2) is 46.5 Å². The van der Waals surface area contributed by atoms with Gasteiger partial charge in [0.05, 0.1) is 29.1 Å². The van der Waals surface area contributed by atoms with Gasteiger partial charge in [-0.05, 0) is 56.0 Å². The summed E-state index contributed by atoms with van der Waals surface area (Å²) >= 11 is 0. The van der Waals surface area contributed by atoms with Crippen molar-refractivity contribution in [3.8, 4) is 0 Å². The maximum Gasteiger partial charge on any atom is 0.243 e. The van der Waals surface area contributed by atoms with Crippen LogP contribution in [0.25, 0.3) is 0 Å². The SMILES string of the molecule is Cc1cc2n(n1)C1(CCN(S(=O)(=O)c3ccccc3C)CC1)CC(=O)N2Cc1ccncc1. The van der Waals surface area contributed by atoms with E-state index < -0.39 is 15.6 Å². The molecule has 2 aromatic heterocycles. The summed E-state index contributed by atoms with van der Waals surface area (Å²) < 4.78 is 30.1. The molecular formula is C24H27N5O3S. The number of amides is 1. The number of carbonyl (C=O) groups is 1. The van der Waals surface area contributed by atoms with Gasteiger partial charge in [-0.1, -0.05) is 18.2 Å². The number of rotatable bonds is 4. The van der Waals surface area contributed by atoms with Crippen LogP contribution in [-0.2, 0) is 26.9 Å². The van der Waals surface area contributed by atoms with Gasteiger partial charge in [-0.3, -0.25) is 14.7 Å². The maximum absolute atomic E-state index is 13.3. The van der Waals surface area contributed by atoms with Gasteiger partial charge >= 0.3 is 0 Å². The summed E-state index contributed by atoms with van der Waals surface area (Å²) in [6.07, 6.45) is 4.84. The van der Waals surface area contributed by atoms with Gasteiger partial charge in [0, 0.05) is 31.5 Å². The molecule has 1 amide bonds. The Morgan fingerprint density at radius 1 is 1.03 bits per heavy atom. The van der Waals surface area contributed by atoms with Gasteiger partial charge in [-0.25, -0.2) is 13.1 Å². The van der Waals surface area contributed by atoms with Crippen molar-refractivity contribution in [2.45, 2.75) is 50.1 Å². The summed E-state index contributed by atoms with van der Waals surface area (Å²) in [6.45, 7) is 4.90. The first-order valence-corrected chi connectivity index (χ1v) is 12.6. The second kappa shape index (κ2) is 8.07. The summed E-state index contributed by atoms with van der Waals surface area (Å²) in [7, 11) is -3.58. The molecule has 8 nitrogen and oxygen atoms in total. The first-order valence-electron chi connectivity index (χ1n) is 11.1. The molecular weight excluding hydrogens is 438 g/mol. The van der Waals surface area contributed by atoms with Crippen LogP contribution in [0.3, 0.4) is 0 Å². The van der Waals surface area contributed by atoms with Gasteiger partial charge in [0.25, 0.3) is 0 Å². The van der Waals surface area contributed by atoms with E-state index in [9.17, 15) is 13.2 Å². The molecule has 1 spiro atoms. The predicted octanol–water partition coefficient (Wildman–Crippen LogP) is 3.01. The monoisotopic (exact) mass is 465 g/mol. The summed E-state index contributed by atoms with van der Waals surface area (Å²) in [4.78, 5) is 19.5. The molecule has 4 heterocycles. The molecule has 0 N–H and O–H groups in total. The Labute approximate surface area is 193 Å². The highest BCUT2D eigenvalue weighted by Gasteiger charge is 2.47. The Morgan fingerprint density at radius 2 is 1.73 bits per heavy atom. The van der Waals surface area contributed by atoms with Crippen LogP contribution in [0, 0.1) is 13.8 Å². The molecule has 0 bridgehead atoms. The van der Waals surface area contributed by atoms with Crippen molar-refractivity contribution in [1.29, 1.82) is 0 Å². The van der Waals surface area contributed by atoms with Crippen LogP contribution in [0.1, 0.15) is 36.1 Å². The zero-order chi connectivity index (χ0) is 23.2. The molecule has 5 rings (SSSR count). The number of fused-ring (bicyclic) bond motifs is 2. The van der Waals surface area contributed by atoms with Crippen LogP contribution < -0.4 is 4.90 Å². The number of aryl methyl sites for hydroxylation is 2. The minimum Gasteiger partial charge on any atom is -0.292 e. The first-order chi connectivity index (χ1) is 15.8. The summed E-state index contributed by atoms with van der Waals surface area (Å²) in [5, 5.41) is 4.76. The van der Waals surface area contributed by atoms with E-state index in [4.69, 9.17) is 5.10 Å². The van der Waals surface area contributed by atoms with E-state index in [0.717, 1.165) is 22.6 Å². The number of hydrogen-bond donors (Lipinski definition) is 0. The molecule has 1 saturated heterocycles. The van der Waals surface area contributed by atoms with Gasteiger partial charge in [0.15, 0.2) is 0 Å².